The van der Waals surface area contributed by atoms with Gasteiger partial charge in [0.1, 0.15) is 0 Å². The average molecular weight is 240 g/mol. The molecule has 0 radical (unpaired) electrons. The molecule has 0 bridgehead atoms. The molecule has 0 aliphatic carbocycles. The Morgan fingerprint density at radius 3 is 2.18 bits per heavy atom. The van der Waals surface area contributed by atoms with Crippen LogP contribution < -0.4 is 0 Å². The van der Waals surface area contributed by atoms with Crippen LogP contribution in [0.2, 0.25) is 0 Å². The molecule has 0 unspecified atom stereocenters. The highest BCUT2D eigenvalue weighted by atomic mass is 19.4. The maximum absolute atomic E-state index is 12.8. The molecule has 90 valence electrons. The first-order valence-corrected chi connectivity index (χ1v) is 5.08. The zero-order valence-electron chi connectivity index (χ0n) is 9.42. The van der Waals surface area contributed by atoms with Crippen molar-refractivity contribution in [1.29, 1.82) is 0 Å². The van der Waals surface area contributed by atoms with Gasteiger partial charge in [0.15, 0.2) is 5.69 Å². The van der Waals surface area contributed by atoms with E-state index in [1.54, 1.807) is 24.3 Å². The summed E-state index contributed by atoms with van der Waals surface area (Å²) in [5.41, 5.74) is 0.807. The molecule has 0 saturated heterocycles. The van der Waals surface area contributed by atoms with Gasteiger partial charge in [0.2, 0.25) is 0 Å². The van der Waals surface area contributed by atoms with Crippen LogP contribution in [0.4, 0.5) is 13.2 Å². The largest absolute Gasteiger partial charge is 0.433 e. The Bertz CT molecular complexity index is 524. The number of halogens is 3. The van der Waals surface area contributed by atoms with Crippen LogP contribution in [0.5, 0.6) is 0 Å². The summed E-state index contributed by atoms with van der Waals surface area (Å²) in [6.07, 6.45) is -3.17. The molecular formula is C12H11F3N2. The molecule has 2 nitrogen and oxygen atoms in total. The Labute approximate surface area is 96.7 Å². The molecule has 0 amide bonds. The molecule has 1 aromatic heterocycles. The Morgan fingerprint density at radius 1 is 1.06 bits per heavy atom. The van der Waals surface area contributed by atoms with E-state index in [1.807, 2.05) is 6.92 Å². The van der Waals surface area contributed by atoms with Crippen LogP contribution in [0.25, 0.3) is 5.69 Å². The number of hydrogen-bond donors (Lipinski definition) is 0. The highest BCUT2D eigenvalue weighted by molar-refractivity contribution is 5.37. The number of hydrogen-bond acceptors (Lipinski definition) is 1. The second-order valence-electron chi connectivity index (χ2n) is 3.92. The van der Waals surface area contributed by atoms with Gasteiger partial charge in [-0.15, -0.1) is 0 Å². The molecule has 0 N–H and O–H groups in total. The predicted molar refractivity (Wildman–Crippen MR) is 58.0 cm³/mol. The lowest BCUT2D eigenvalue weighted by atomic mass is 10.2. The van der Waals surface area contributed by atoms with Crippen LogP contribution in [0, 0.1) is 13.8 Å². The normalized spacial score (nSPS) is 11.8. The molecule has 17 heavy (non-hydrogen) atoms. The van der Waals surface area contributed by atoms with Crippen molar-refractivity contribution in [2.24, 2.45) is 0 Å². The molecule has 0 fully saturated rings. The molecule has 0 saturated carbocycles. The third kappa shape index (κ3) is 2.18. The molecule has 2 aromatic rings. The number of benzene rings is 1. The average Bonchev–Trinajstić information content (AvgIpc) is 2.61. The lowest BCUT2D eigenvalue weighted by Crippen LogP contribution is -2.14. The Morgan fingerprint density at radius 2 is 1.65 bits per heavy atom. The molecule has 0 aliphatic heterocycles. The number of rotatable bonds is 1. The molecule has 5 heteroatoms. The number of aromatic nitrogens is 2. The number of aryl methyl sites for hydroxylation is 2. The zero-order valence-corrected chi connectivity index (χ0v) is 9.42. The summed E-state index contributed by atoms with van der Waals surface area (Å²) in [5, 5.41) is 3.78. The van der Waals surface area contributed by atoms with Crippen LogP contribution in [-0.4, -0.2) is 9.78 Å². The van der Waals surface area contributed by atoms with Crippen molar-refractivity contribution in [2.75, 3.05) is 0 Å². The molecule has 0 atom stereocenters. The van der Waals surface area contributed by atoms with E-state index in [2.05, 4.69) is 5.10 Å². The Balaban J connectivity index is 2.57. The van der Waals surface area contributed by atoms with Crippen LogP contribution in [0.3, 0.4) is 0 Å². The summed E-state index contributed by atoms with van der Waals surface area (Å²) >= 11 is 0. The van der Waals surface area contributed by atoms with Crippen molar-refractivity contribution in [3.05, 3.63) is 47.3 Å². The molecule has 0 aliphatic rings. The van der Waals surface area contributed by atoms with Crippen molar-refractivity contribution >= 4 is 0 Å². The maximum atomic E-state index is 12.8. The minimum atomic E-state index is -4.40. The first-order valence-electron chi connectivity index (χ1n) is 5.08. The summed E-state index contributed by atoms with van der Waals surface area (Å²) in [7, 11) is 0. The van der Waals surface area contributed by atoms with Gasteiger partial charge in [0.05, 0.1) is 11.9 Å². The van der Waals surface area contributed by atoms with Crippen molar-refractivity contribution < 1.29 is 13.2 Å². The second kappa shape index (κ2) is 3.91. The first-order chi connectivity index (χ1) is 7.89. The lowest BCUT2D eigenvalue weighted by molar-refractivity contribution is -0.143. The van der Waals surface area contributed by atoms with Gasteiger partial charge < -0.3 is 0 Å². The van der Waals surface area contributed by atoms with E-state index in [0.717, 1.165) is 10.2 Å². The maximum Gasteiger partial charge on any atom is 0.433 e. The fourth-order valence-electron chi connectivity index (χ4n) is 1.66. The summed E-state index contributed by atoms with van der Waals surface area (Å²) in [4.78, 5) is 0. The van der Waals surface area contributed by atoms with E-state index in [-0.39, 0.29) is 5.56 Å². The van der Waals surface area contributed by atoms with E-state index < -0.39 is 11.9 Å². The summed E-state index contributed by atoms with van der Waals surface area (Å²) in [6, 6.07) is 6.76. The molecule has 1 heterocycles. The van der Waals surface area contributed by atoms with Gasteiger partial charge >= 0.3 is 6.18 Å². The van der Waals surface area contributed by atoms with Gasteiger partial charge in [-0.25, -0.2) is 4.68 Å². The highest BCUT2D eigenvalue weighted by Gasteiger charge is 2.37. The van der Waals surface area contributed by atoms with Gasteiger partial charge in [0.25, 0.3) is 0 Å². The van der Waals surface area contributed by atoms with E-state index in [1.165, 1.54) is 13.1 Å². The summed E-state index contributed by atoms with van der Waals surface area (Å²) in [6.45, 7) is 3.28. The standard InChI is InChI=1S/C12H11F3N2/c1-8-3-5-10(6-4-8)17-11(12(13,14)15)9(2)7-16-17/h3-7H,1-2H3. The third-order valence-corrected chi connectivity index (χ3v) is 2.50. The summed E-state index contributed by atoms with van der Waals surface area (Å²) in [5.74, 6) is 0. The van der Waals surface area contributed by atoms with Crippen molar-refractivity contribution in [3.63, 3.8) is 0 Å². The van der Waals surface area contributed by atoms with E-state index in [0.29, 0.717) is 5.69 Å². The minimum absolute atomic E-state index is 0.123. The minimum Gasteiger partial charge on any atom is -0.228 e. The van der Waals surface area contributed by atoms with Crippen LogP contribution in [0.15, 0.2) is 30.5 Å². The number of alkyl halides is 3. The molecule has 1 aromatic carbocycles. The SMILES string of the molecule is Cc1ccc(-n2ncc(C)c2C(F)(F)F)cc1. The molecule has 2 rings (SSSR count). The van der Waals surface area contributed by atoms with Crippen LogP contribution in [-0.2, 0) is 6.18 Å². The first kappa shape index (κ1) is 11.7. The smallest absolute Gasteiger partial charge is 0.228 e. The van der Waals surface area contributed by atoms with Gasteiger partial charge in [-0.2, -0.15) is 18.3 Å². The quantitative estimate of drug-likeness (QED) is 0.745. The van der Waals surface area contributed by atoms with Crippen molar-refractivity contribution in [2.45, 2.75) is 20.0 Å². The Kier molecular flexibility index (Phi) is 2.69. The third-order valence-electron chi connectivity index (χ3n) is 2.50. The number of nitrogens with zero attached hydrogens (tertiary/aromatic N) is 2. The Hall–Kier alpha value is -1.78. The molecular weight excluding hydrogens is 229 g/mol. The van der Waals surface area contributed by atoms with Gasteiger partial charge in [-0.1, -0.05) is 17.7 Å². The fourth-order valence-corrected chi connectivity index (χ4v) is 1.66. The predicted octanol–water partition coefficient (Wildman–Crippen LogP) is 3.51. The van der Waals surface area contributed by atoms with Crippen LogP contribution >= 0.6 is 0 Å². The van der Waals surface area contributed by atoms with E-state index >= 15 is 0 Å². The van der Waals surface area contributed by atoms with Gasteiger partial charge in [-0.05, 0) is 31.5 Å². The van der Waals surface area contributed by atoms with Crippen molar-refractivity contribution in [3.8, 4) is 5.69 Å². The van der Waals surface area contributed by atoms with E-state index in [9.17, 15) is 13.2 Å². The van der Waals surface area contributed by atoms with Crippen LogP contribution in [0.1, 0.15) is 16.8 Å². The topological polar surface area (TPSA) is 17.8 Å². The van der Waals surface area contributed by atoms with Gasteiger partial charge in [0, 0.05) is 0 Å². The zero-order chi connectivity index (χ0) is 12.6. The lowest BCUT2D eigenvalue weighted by Gasteiger charge is -2.11. The highest BCUT2D eigenvalue weighted by Crippen LogP contribution is 2.33. The van der Waals surface area contributed by atoms with Crippen molar-refractivity contribution in [1.82, 2.24) is 9.78 Å². The molecule has 0 spiro atoms. The van der Waals surface area contributed by atoms with E-state index in [4.69, 9.17) is 0 Å². The second-order valence-corrected chi connectivity index (χ2v) is 3.92. The summed E-state index contributed by atoms with van der Waals surface area (Å²) < 4.78 is 39.5. The van der Waals surface area contributed by atoms with Gasteiger partial charge in [-0.3, -0.25) is 0 Å². The fraction of sp³-hybridized carbons (Fsp3) is 0.250. The monoisotopic (exact) mass is 240 g/mol.